The van der Waals surface area contributed by atoms with Crippen LogP contribution in [0.15, 0.2) is 47.8 Å². The number of hydrogen-bond donors (Lipinski definition) is 0. The fraction of sp³-hybridized carbons (Fsp3) is 0.150. The molecule has 0 saturated carbocycles. The standard InChI is InChI=1S/C20H16N2O3S/c1-13-3-6-15(7-4-13)20-22-16(12-26-20)10-19(23)25-17-8-5-14(11-21)9-18(17)24-2/h3-9,12H,10H2,1-2H3. The third-order valence-corrected chi connectivity index (χ3v) is 4.63. The second kappa shape index (κ2) is 7.81. The smallest absolute Gasteiger partial charge is 0.317 e. The molecule has 1 aromatic heterocycles. The van der Waals surface area contributed by atoms with Crippen LogP contribution in [0.3, 0.4) is 0 Å². The van der Waals surface area contributed by atoms with Crippen LogP contribution in [-0.2, 0) is 11.2 Å². The van der Waals surface area contributed by atoms with Gasteiger partial charge in [-0.05, 0) is 19.1 Å². The Hall–Kier alpha value is -3.17. The number of carbonyl (C=O) groups excluding carboxylic acids is 1. The van der Waals surface area contributed by atoms with Gasteiger partial charge < -0.3 is 9.47 Å². The number of rotatable bonds is 5. The number of ether oxygens (including phenoxy) is 2. The summed E-state index contributed by atoms with van der Waals surface area (Å²) in [5.74, 6) is 0.190. The monoisotopic (exact) mass is 364 g/mol. The first-order valence-electron chi connectivity index (χ1n) is 7.89. The van der Waals surface area contributed by atoms with Crippen LogP contribution in [-0.4, -0.2) is 18.1 Å². The highest BCUT2D eigenvalue weighted by atomic mass is 32.1. The normalized spacial score (nSPS) is 10.2. The predicted molar refractivity (Wildman–Crippen MR) is 99.3 cm³/mol. The van der Waals surface area contributed by atoms with E-state index in [-0.39, 0.29) is 12.2 Å². The summed E-state index contributed by atoms with van der Waals surface area (Å²) in [6.07, 6.45) is 0.0610. The molecule has 26 heavy (non-hydrogen) atoms. The lowest BCUT2D eigenvalue weighted by Crippen LogP contribution is -2.12. The Labute approximate surface area is 155 Å². The maximum Gasteiger partial charge on any atom is 0.317 e. The highest BCUT2D eigenvalue weighted by molar-refractivity contribution is 7.13. The predicted octanol–water partition coefficient (Wildman–Crippen LogP) is 4.15. The van der Waals surface area contributed by atoms with E-state index in [1.54, 1.807) is 12.1 Å². The van der Waals surface area contributed by atoms with Crippen molar-refractivity contribution in [3.05, 3.63) is 64.7 Å². The Morgan fingerprint density at radius 3 is 2.65 bits per heavy atom. The van der Waals surface area contributed by atoms with Crippen molar-refractivity contribution in [3.8, 4) is 28.1 Å². The summed E-state index contributed by atoms with van der Waals surface area (Å²) in [7, 11) is 1.46. The number of aromatic nitrogens is 1. The molecule has 5 nitrogen and oxygen atoms in total. The second-order valence-electron chi connectivity index (χ2n) is 5.64. The van der Waals surface area contributed by atoms with Gasteiger partial charge in [-0.1, -0.05) is 29.8 Å². The first kappa shape index (κ1) is 17.6. The van der Waals surface area contributed by atoms with Gasteiger partial charge in [0.25, 0.3) is 0 Å². The molecule has 0 spiro atoms. The Morgan fingerprint density at radius 2 is 1.96 bits per heavy atom. The molecule has 3 rings (SSSR count). The number of thiazole rings is 1. The number of nitriles is 1. The summed E-state index contributed by atoms with van der Waals surface area (Å²) >= 11 is 1.49. The molecule has 0 radical (unpaired) electrons. The van der Waals surface area contributed by atoms with Crippen LogP contribution in [0.2, 0.25) is 0 Å². The highest BCUT2D eigenvalue weighted by Crippen LogP contribution is 2.29. The molecule has 0 amide bonds. The number of methoxy groups -OCH3 is 1. The summed E-state index contributed by atoms with van der Waals surface area (Å²) in [6, 6.07) is 14.7. The molecule has 0 N–H and O–H groups in total. The molecule has 0 aliphatic heterocycles. The van der Waals surface area contributed by atoms with Crippen molar-refractivity contribution in [2.24, 2.45) is 0 Å². The summed E-state index contributed by atoms with van der Waals surface area (Å²) in [4.78, 5) is 16.7. The third kappa shape index (κ3) is 4.08. The van der Waals surface area contributed by atoms with Gasteiger partial charge in [0.15, 0.2) is 11.5 Å². The van der Waals surface area contributed by atoms with E-state index in [9.17, 15) is 4.79 Å². The molecular weight excluding hydrogens is 348 g/mol. The molecule has 6 heteroatoms. The van der Waals surface area contributed by atoms with E-state index in [1.165, 1.54) is 30.1 Å². The van der Waals surface area contributed by atoms with E-state index in [4.69, 9.17) is 14.7 Å². The first-order valence-corrected chi connectivity index (χ1v) is 8.77. The molecule has 130 valence electrons. The SMILES string of the molecule is COc1cc(C#N)ccc1OC(=O)Cc1csc(-c2ccc(C)cc2)n1. The Bertz CT molecular complexity index is 971. The quantitative estimate of drug-likeness (QED) is 0.502. The van der Waals surface area contributed by atoms with Gasteiger partial charge in [-0.25, -0.2) is 4.98 Å². The van der Waals surface area contributed by atoms with Crippen LogP contribution >= 0.6 is 11.3 Å². The molecule has 0 bridgehead atoms. The number of aryl methyl sites for hydroxylation is 1. The van der Waals surface area contributed by atoms with Gasteiger partial charge >= 0.3 is 5.97 Å². The lowest BCUT2D eigenvalue weighted by molar-refractivity contribution is -0.133. The Kier molecular flexibility index (Phi) is 5.30. The third-order valence-electron chi connectivity index (χ3n) is 3.69. The van der Waals surface area contributed by atoms with E-state index in [2.05, 4.69) is 4.98 Å². The zero-order valence-corrected chi connectivity index (χ0v) is 15.2. The van der Waals surface area contributed by atoms with Gasteiger partial charge in [0, 0.05) is 17.0 Å². The number of benzene rings is 2. The largest absolute Gasteiger partial charge is 0.493 e. The zero-order valence-electron chi connectivity index (χ0n) is 14.4. The van der Waals surface area contributed by atoms with Gasteiger partial charge in [-0.2, -0.15) is 5.26 Å². The van der Waals surface area contributed by atoms with Crippen LogP contribution in [0, 0.1) is 18.3 Å². The van der Waals surface area contributed by atoms with Gasteiger partial charge in [0.05, 0.1) is 30.9 Å². The van der Waals surface area contributed by atoms with Gasteiger partial charge in [-0.15, -0.1) is 11.3 Å². The van der Waals surface area contributed by atoms with Crippen molar-refractivity contribution < 1.29 is 14.3 Å². The summed E-state index contributed by atoms with van der Waals surface area (Å²) < 4.78 is 10.5. The lowest BCUT2D eigenvalue weighted by atomic mass is 10.2. The Morgan fingerprint density at radius 1 is 1.19 bits per heavy atom. The minimum atomic E-state index is -0.436. The van der Waals surface area contributed by atoms with Crippen molar-refractivity contribution in [1.82, 2.24) is 4.98 Å². The molecule has 0 unspecified atom stereocenters. The van der Waals surface area contributed by atoms with Gasteiger partial charge in [0.1, 0.15) is 5.01 Å². The van der Waals surface area contributed by atoms with Crippen LogP contribution in [0.4, 0.5) is 0 Å². The maximum atomic E-state index is 12.2. The fourth-order valence-electron chi connectivity index (χ4n) is 2.34. The highest BCUT2D eigenvalue weighted by Gasteiger charge is 2.14. The molecule has 0 atom stereocenters. The van der Waals surface area contributed by atoms with Gasteiger partial charge in [-0.3, -0.25) is 4.79 Å². The number of esters is 1. The van der Waals surface area contributed by atoms with Crippen molar-refractivity contribution >= 4 is 17.3 Å². The number of carbonyl (C=O) groups is 1. The van der Waals surface area contributed by atoms with Crippen molar-refractivity contribution in [2.75, 3.05) is 7.11 Å². The van der Waals surface area contributed by atoms with E-state index < -0.39 is 5.97 Å². The molecule has 0 fully saturated rings. The molecule has 3 aromatic rings. The maximum absolute atomic E-state index is 12.2. The molecule has 0 aliphatic carbocycles. The van der Waals surface area contributed by atoms with Crippen LogP contribution < -0.4 is 9.47 Å². The fourth-order valence-corrected chi connectivity index (χ4v) is 3.17. The summed E-state index contributed by atoms with van der Waals surface area (Å²) in [5, 5.41) is 11.6. The zero-order chi connectivity index (χ0) is 18.5. The Balaban J connectivity index is 1.69. The van der Waals surface area contributed by atoms with Crippen molar-refractivity contribution in [1.29, 1.82) is 5.26 Å². The van der Waals surface area contributed by atoms with E-state index >= 15 is 0 Å². The minimum absolute atomic E-state index is 0.0610. The van der Waals surface area contributed by atoms with Crippen LogP contribution in [0.5, 0.6) is 11.5 Å². The van der Waals surface area contributed by atoms with Crippen LogP contribution in [0.25, 0.3) is 10.6 Å². The molecule has 0 saturated heterocycles. The molecule has 2 aromatic carbocycles. The molecule has 1 heterocycles. The van der Waals surface area contributed by atoms with Crippen molar-refractivity contribution in [2.45, 2.75) is 13.3 Å². The minimum Gasteiger partial charge on any atom is -0.493 e. The summed E-state index contributed by atoms with van der Waals surface area (Å²) in [5.41, 5.74) is 3.30. The van der Waals surface area contributed by atoms with Crippen LogP contribution in [0.1, 0.15) is 16.8 Å². The topological polar surface area (TPSA) is 72.2 Å². The van der Waals surface area contributed by atoms with Gasteiger partial charge in [0.2, 0.25) is 0 Å². The first-order chi connectivity index (χ1) is 12.6. The summed E-state index contributed by atoms with van der Waals surface area (Å²) in [6.45, 7) is 2.03. The average Bonchev–Trinajstić information content (AvgIpc) is 3.11. The number of nitrogens with zero attached hydrogens (tertiary/aromatic N) is 2. The van der Waals surface area contributed by atoms with Crippen molar-refractivity contribution in [3.63, 3.8) is 0 Å². The second-order valence-corrected chi connectivity index (χ2v) is 6.50. The van der Waals surface area contributed by atoms with E-state index in [0.29, 0.717) is 17.0 Å². The van der Waals surface area contributed by atoms with E-state index in [1.807, 2.05) is 42.6 Å². The average molecular weight is 364 g/mol. The number of hydrogen-bond acceptors (Lipinski definition) is 6. The lowest BCUT2D eigenvalue weighted by Gasteiger charge is -2.08. The molecule has 0 aliphatic rings. The molecular formula is C20H16N2O3S. The van der Waals surface area contributed by atoms with E-state index in [0.717, 1.165) is 10.6 Å².